The van der Waals surface area contributed by atoms with Gasteiger partial charge in [-0.1, -0.05) is 0 Å². The Morgan fingerprint density at radius 3 is 2.93 bits per heavy atom. The number of carbonyl (C=O) groups is 1. The summed E-state index contributed by atoms with van der Waals surface area (Å²) in [6, 6.07) is -0.153. The van der Waals surface area contributed by atoms with Crippen molar-refractivity contribution in [3.05, 3.63) is 0 Å². The van der Waals surface area contributed by atoms with Gasteiger partial charge < -0.3 is 16.2 Å². The maximum absolute atomic E-state index is 11.0. The van der Waals surface area contributed by atoms with E-state index in [1.807, 2.05) is 4.90 Å². The number of rotatable bonds is 3. The molecule has 0 spiro atoms. The van der Waals surface area contributed by atoms with Crippen molar-refractivity contribution in [1.82, 2.24) is 10.2 Å². The van der Waals surface area contributed by atoms with Crippen LogP contribution in [0.3, 0.4) is 0 Å². The van der Waals surface area contributed by atoms with Gasteiger partial charge in [0, 0.05) is 19.6 Å². The average molecular weight is 199 g/mol. The van der Waals surface area contributed by atoms with E-state index in [0.717, 1.165) is 25.9 Å². The van der Waals surface area contributed by atoms with Crippen LogP contribution in [0.2, 0.25) is 0 Å². The fraction of sp³-hybridized carbons (Fsp3) is 0.889. The van der Waals surface area contributed by atoms with Crippen molar-refractivity contribution in [2.24, 2.45) is 5.73 Å². The van der Waals surface area contributed by atoms with E-state index < -0.39 is 5.60 Å². The van der Waals surface area contributed by atoms with Crippen LogP contribution in [0.15, 0.2) is 0 Å². The number of nitrogens with two attached hydrogens (primary N) is 1. The predicted octanol–water partition coefficient (Wildman–Crippen LogP) is -1.73. The third kappa shape index (κ3) is 1.75. The Balaban J connectivity index is 1.88. The third-order valence-electron chi connectivity index (χ3n) is 3.18. The Labute approximate surface area is 83.3 Å². The van der Waals surface area contributed by atoms with Crippen molar-refractivity contribution in [2.45, 2.75) is 24.5 Å². The van der Waals surface area contributed by atoms with Crippen LogP contribution in [0.5, 0.6) is 0 Å². The summed E-state index contributed by atoms with van der Waals surface area (Å²) in [5, 5.41) is 13.2. The third-order valence-corrected chi connectivity index (χ3v) is 3.18. The first-order valence-electron chi connectivity index (χ1n) is 5.07. The molecule has 0 saturated carbocycles. The maximum atomic E-state index is 11.0. The zero-order valence-corrected chi connectivity index (χ0v) is 8.20. The number of β-amino-alcohol motifs (C(OH)–C–C–N with tert-alkyl or cyclic N) is 1. The summed E-state index contributed by atoms with van der Waals surface area (Å²) in [5.74, 6) is -0.272. The number of nitrogens with zero attached hydrogens (tertiary/aromatic N) is 1. The summed E-state index contributed by atoms with van der Waals surface area (Å²) < 4.78 is 0. The van der Waals surface area contributed by atoms with Gasteiger partial charge in [0.25, 0.3) is 0 Å². The fourth-order valence-electron chi connectivity index (χ4n) is 2.20. The highest BCUT2D eigenvalue weighted by atomic mass is 16.3. The van der Waals surface area contributed by atoms with Gasteiger partial charge in [0.15, 0.2) is 0 Å². The molecule has 0 aromatic carbocycles. The molecule has 0 aromatic rings. The lowest BCUT2D eigenvalue weighted by atomic mass is 9.96. The summed E-state index contributed by atoms with van der Waals surface area (Å²) in [4.78, 5) is 12.9. The summed E-state index contributed by atoms with van der Waals surface area (Å²) in [6.07, 6.45) is 1.59. The van der Waals surface area contributed by atoms with Gasteiger partial charge in [-0.2, -0.15) is 0 Å². The predicted molar refractivity (Wildman–Crippen MR) is 51.6 cm³/mol. The van der Waals surface area contributed by atoms with Crippen LogP contribution in [-0.2, 0) is 4.79 Å². The standard InChI is InChI=1S/C9H17N3O2/c10-8(13)7-1-4-12(7)6-9(14)2-3-11-5-9/h7,11,14H,1-6H2,(H2,10,13). The molecular weight excluding hydrogens is 182 g/mol. The first-order chi connectivity index (χ1) is 6.61. The first kappa shape index (κ1) is 9.89. The van der Waals surface area contributed by atoms with Crippen molar-refractivity contribution >= 4 is 5.91 Å². The van der Waals surface area contributed by atoms with E-state index in [4.69, 9.17) is 5.73 Å². The summed E-state index contributed by atoms with van der Waals surface area (Å²) >= 11 is 0. The highest BCUT2D eigenvalue weighted by molar-refractivity contribution is 5.80. The van der Waals surface area contributed by atoms with Crippen LogP contribution in [-0.4, -0.2) is 53.7 Å². The van der Waals surface area contributed by atoms with Crippen LogP contribution < -0.4 is 11.1 Å². The second-order valence-corrected chi connectivity index (χ2v) is 4.33. The molecule has 1 amide bonds. The molecule has 80 valence electrons. The topological polar surface area (TPSA) is 78.6 Å². The Hall–Kier alpha value is -0.650. The summed E-state index contributed by atoms with van der Waals surface area (Å²) in [6.45, 7) is 2.91. The van der Waals surface area contributed by atoms with E-state index in [-0.39, 0.29) is 11.9 Å². The summed E-state index contributed by atoms with van der Waals surface area (Å²) in [5.41, 5.74) is 4.57. The van der Waals surface area contributed by atoms with Crippen molar-refractivity contribution in [2.75, 3.05) is 26.2 Å². The molecule has 0 bridgehead atoms. The lowest BCUT2D eigenvalue weighted by Gasteiger charge is -2.42. The highest BCUT2D eigenvalue weighted by Crippen LogP contribution is 2.23. The van der Waals surface area contributed by atoms with Gasteiger partial charge in [-0.25, -0.2) is 0 Å². The van der Waals surface area contributed by atoms with Gasteiger partial charge in [0.1, 0.15) is 0 Å². The molecule has 0 radical (unpaired) electrons. The van der Waals surface area contributed by atoms with Crippen molar-refractivity contribution < 1.29 is 9.90 Å². The molecule has 0 aromatic heterocycles. The lowest BCUT2D eigenvalue weighted by molar-refractivity contribution is -0.129. The van der Waals surface area contributed by atoms with Crippen LogP contribution in [0.25, 0.3) is 0 Å². The number of hydrogen-bond donors (Lipinski definition) is 3. The number of aliphatic hydroxyl groups is 1. The number of likely N-dealkylation sites (tertiary alicyclic amines) is 1. The molecule has 2 aliphatic rings. The SMILES string of the molecule is NC(=O)C1CCN1CC1(O)CCNC1. The molecule has 2 aliphatic heterocycles. The molecule has 2 saturated heterocycles. The Morgan fingerprint density at radius 1 is 1.71 bits per heavy atom. The van der Waals surface area contributed by atoms with Crippen LogP contribution in [0.4, 0.5) is 0 Å². The Morgan fingerprint density at radius 2 is 2.50 bits per heavy atom. The highest BCUT2D eigenvalue weighted by Gasteiger charge is 2.40. The molecule has 2 rings (SSSR count). The largest absolute Gasteiger partial charge is 0.387 e. The molecule has 5 nitrogen and oxygen atoms in total. The van der Waals surface area contributed by atoms with Gasteiger partial charge in [-0.3, -0.25) is 9.69 Å². The quantitative estimate of drug-likeness (QED) is 0.505. The van der Waals surface area contributed by atoms with E-state index in [1.165, 1.54) is 0 Å². The average Bonchev–Trinajstić information content (AvgIpc) is 2.46. The zero-order valence-electron chi connectivity index (χ0n) is 8.20. The normalized spacial score (nSPS) is 38.2. The van der Waals surface area contributed by atoms with Gasteiger partial charge in [-0.05, 0) is 19.4 Å². The van der Waals surface area contributed by atoms with Gasteiger partial charge >= 0.3 is 0 Å². The van der Waals surface area contributed by atoms with E-state index >= 15 is 0 Å². The number of primary amides is 1. The monoisotopic (exact) mass is 199 g/mol. The van der Waals surface area contributed by atoms with Crippen LogP contribution >= 0.6 is 0 Å². The second kappa shape index (κ2) is 3.49. The fourth-order valence-corrected chi connectivity index (χ4v) is 2.20. The molecular formula is C9H17N3O2. The van der Waals surface area contributed by atoms with E-state index in [0.29, 0.717) is 13.1 Å². The second-order valence-electron chi connectivity index (χ2n) is 4.33. The molecule has 2 heterocycles. The number of hydrogen-bond acceptors (Lipinski definition) is 4. The molecule has 0 aliphatic carbocycles. The summed E-state index contributed by atoms with van der Waals surface area (Å²) in [7, 11) is 0. The lowest BCUT2D eigenvalue weighted by Crippen LogP contribution is -2.59. The minimum Gasteiger partial charge on any atom is -0.387 e. The zero-order chi connectivity index (χ0) is 10.2. The molecule has 5 heteroatoms. The Bertz CT molecular complexity index is 238. The first-order valence-corrected chi connectivity index (χ1v) is 5.07. The Kier molecular flexibility index (Phi) is 2.47. The van der Waals surface area contributed by atoms with Gasteiger partial charge in [0.2, 0.25) is 5.91 Å². The van der Waals surface area contributed by atoms with Crippen LogP contribution in [0.1, 0.15) is 12.8 Å². The van der Waals surface area contributed by atoms with Crippen LogP contribution in [0, 0.1) is 0 Å². The van der Waals surface area contributed by atoms with Gasteiger partial charge in [-0.15, -0.1) is 0 Å². The molecule has 4 N–H and O–H groups in total. The van der Waals surface area contributed by atoms with E-state index in [9.17, 15) is 9.90 Å². The molecule has 2 fully saturated rings. The van der Waals surface area contributed by atoms with Crippen molar-refractivity contribution in [3.8, 4) is 0 Å². The number of carbonyl (C=O) groups excluding carboxylic acids is 1. The van der Waals surface area contributed by atoms with E-state index in [2.05, 4.69) is 5.32 Å². The van der Waals surface area contributed by atoms with Crippen molar-refractivity contribution in [3.63, 3.8) is 0 Å². The van der Waals surface area contributed by atoms with Gasteiger partial charge in [0.05, 0.1) is 11.6 Å². The maximum Gasteiger partial charge on any atom is 0.234 e. The molecule has 2 unspecified atom stereocenters. The molecule has 14 heavy (non-hydrogen) atoms. The number of nitrogens with one attached hydrogen (secondary N) is 1. The van der Waals surface area contributed by atoms with Crippen molar-refractivity contribution in [1.29, 1.82) is 0 Å². The minimum absolute atomic E-state index is 0.153. The minimum atomic E-state index is -0.659. The smallest absolute Gasteiger partial charge is 0.234 e. The number of amides is 1. The van der Waals surface area contributed by atoms with E-state index in [1.54, 1.807) is 0 Å². The molecule has 2 atom stereocenters.